The average molecular weight is 279 g/mol. The fourth-order valence-corrected chi connectivity index (χ4v) is 3.50. The number of hydrogen-bond donors (Lipinski definition) is 2. The highest BCUT2D eigenvalue weighted by molar-refractivity contribution is 5.80. The van der Waals surface area contributed by atoms with Gasteiger partial charge in [0.05, 0.1) is 0 Å². The summed E-state index contributed by atoms with van der Waals surface area (Å²) in [6.45, 7) is 5.94. The summed E-state index contributed by atoms with van der Waals surface area (Å²) in [5, 5.41) is 7.11. The average Bonchev–Trinajstić information content (AvgIpc) is 3.06. The SMILES string of the molecule is CN=C(NCC1CCN(C)C1)NC1CCN(C2CC2)C1. The van der Waals surface area contributed by atoms with Gasteiger partial charge >= 0.3 is 0 Å². The largest absolute Gasteiger partial charge is 0.356 e. The predicted octanol–water partition coefficient (Wildman–Crippen LogP) is 0.340. The van der Waals surface area contributed by atoms with Crippen molar-refractivity contribution in [2.24, 2.45) is 10.9 Å². The molecule has 1 saturated carbocycles. The Morgan fingerprint density at radius 1 is 1.15 bits per heavy atom. The molecule has 5 nitrogen and oxygen atoms in total. The molecular weight excluding hydrogens is 250 g/mol. The van der Waals surface area contributed by atoms with Gasteiger partial charge in [0.25, 0.3) is 0 Å². The van der Waals surface area contributed by atoms with Gasteiger partial charge in [-0.3, -0.25) is 9.89 Å². The normalized spacial score (nSPS) is 32.8. The highest BCUT2D eigenvalue weighted by Crippen LogP contribution is 2.29. The van der Waals surface area contributed by atoms with E-state index >= 15 is 0 Å². The second-order valence-corrected chi connectivity index (χ2v) is 6.73. The van der Waals surface area contributed by atoms with E-state index in [0.717, 1.165) is 24.5 Å². The first-order valence-corrected chi connectivity index (χ1v) is 8.14. The monoisotopic (exact) mass is 279 g/mol. The molecule has 3 aliphatic rings. The molecule has 2 aliphatic heterocycles. The summed E-state index contributed by atoms with van der Waals surface area (Å²) < 4.78 is 0. The molecule has 20 heavy (non-hydrogen) atoms. The molecule has 2 unspecified atom stereocenters. The van der Waals surface area contributed by atoms with Crippen molar-refractivity contribution in [3.8, 4) is 0 Å². The van der Waals surface area contributed by atoms with Gasteiger partial charge in [0.15, 0.2) is 5.96 Å². The van der Waals surface area contributed by atoms with Crippen LogP contribution in [0.15, 0.2) is 4.99 Å². The van der Waals surface area contributed by atoms with Crippen molar-refractivity contribution in [3.05, 3.63) is 0 Å². The number of aliphatic imine (C=N–C) groups is 1. The van der Waals surface area contributed by atoms with Crippen LogP contribution in [0.3, 0.4) is 0 Å². The van der Waals surface area contributed by atoms with Crippen LogP contribution in [0.1, 0.15) is 25.7 Å². The summed E-state index contributed by atoms with van der Waals surface area (Å²) in [7, 11) is 4.09. The smallest absolute Gasteiger partial charge is 0.191 e. The molecule has 0 bridgehead atoms. The maximum atomic E-state index is 4.38. The van der Waals surface area contributed by atoms with Crippen molar-refractivity contribution in [1.29, 1.82) is 0 Å². The predicted molar refractivity (Wildman–Crippen MR) is 83.1 cm³/mol. The molecule has 0 amide bonds. The Morgan fingerprint density at radius 2 is 2.00 bits per heavy atom. The van der Waals surface area contributed by atoms with Crippen LogP contribution in [0.25, 0.3) is 0 Å². The van der Waals surface area contributed by atoms with Crippen LogP contribution in [-0.4, -0.2) is 74.7 Å². The van der Waals surface area contributed by atoms with Crippen LogP contribution < -0.4 is 10.6 Å². The van der Waals surface area contributed by atoms with E-state index in [9.17, 15) is 0 Å². The van der Waals surface area contributed by atoms with Gasteiger partial charge in [0.2, 0.25) is 0 Å². The Hall–Kier alpha value is -0.810. The van der Waals surface area contributed by atoms with Gasteiger partial charge in [-0.15, -0.1) is 0 Å². The Balaban J connectivity index is 1.38. The minimum Gasteiger partial charge on any atom is -0.356 e. The maximum Gasteiger partial charge on any atom is 0.191 e. The summed E-state index contributed by atoms with van der Waals surface area (Å²) in [5.74, 6) is 1.76. The van der Waals surface area contributed by atoms with Crippen molar-refractivity contribution < 1.29 is 0 Å². The number of hydrogen-bond acceptors (Lipinski definition) is 3. The van der Waals surface area contributed by atoms with Crippen LogP contribution in [-0.2, 0) is 0 Å². The fourth-order valence-electron chi connectivity index (χ4n) is 3.50. The lowest BCUT2D eigenvalue weighted by molar-refractivity contribution is 0.321. The lowest BCUT2D eigenvalue weighted by Gasteiger charge is -2.20. The summed E-state index contributed by atoms with van der Waals surface area (Å²) in [6, 6.07) is 1.47. The summed E-state index contributed by atoms with van der Waals surface area (Å²) in [6.07, 6.45) is 5.38. The van der Waals surface area contributed by atoms with Gasteiger partial charge in [0, 0.05) is 45.3 Å². The van der Waals surface area contributed by atoms with Crippen molar-refractivity contribution in [3.63, 3.8) is 0 Å². The molecule has 2 atom stereocenters. The first-order valence-electron chi connectivity index (χ1n) is 8.14. The Morgan fingerprint density at radius 3 is 2.65 bits per heavy atom. The third-order valence-corrected chi connectivity index (χ3v) is 4.89. The molecule has 5 heteroatoms. The highest BCUT2D eigenvalue weighted by Gasteiger charge is 2.34. The Labute approximate surface area is 122 Å². The van der Waals surface area contributed by atoms with Crippen LogP contribution in [0.4, 0.5) is 0 Å². The zero-order valence-corrected chi connectivity index (χ0v) is 12.9. The van der Waals surface area contributed by atoms with Crippen molar-refractivity contribution in [2.75, 3.05) is 46.8 Å². The van der Waals surface area contributed by atoms with E-state index in [1.165, 1.54) is 51.9 Å². The standard InChI is InChI=1S/C15H29N5/c1-16-15(17-9-12-5-7-19(2)10-12)18-13-6-8-20(11-13)14-3-4-14/h12-14H,3-11H2,1-2H3,(H2,16,17,18). The molecule has 114 valence electrons. The van der Waals surface area contributed by atoms with Crippen molar-refractivity contribution in [2.45, 2.75) is 37.8 Å². The van der Waals surface area contributed by atoms with Crippen LogP contribution in [0, 0.1) is 5.92 Å². The molecular formula is C15H29N5. The number of nitrogens with zero attached hydrogens (tertiary/aromatic N) is 3. The molecule has 0 spiro atoms. The van der Waals surface area contributed by atoms with E-state index in [1.54, 1.807) is 0 Å². The highest BCUT2D eigenvalue weighted by atomic mass is 15.3. The van der Waals surface area contributed by atoms with E-state index in [1.807, 2.05) is 7.05 Å². The number of likely N-dealkylation sites (tertiary alicyclic amines) is 2. The molecule has 0 aromatic heterocycles. The zero-order chi connectivity index (χ0) is 13.9. The van der Waals surface area contributed by atoms with E-state index in [2.05, 4.69) is 32.5 Å². The third kappa shape index (κ3) is 3.64. The van der Waals surface area contributed by atoms with Gasteiger partial charge in [-0.25, -0.2) is 0 Å². The molecule has 2 N–H and O–H groups in total. The molecule has 0 radical (unpaired) electrons. The van der Waals surface area contributed by atoms with Gasteiger partial charge in [-0.2, -0.15) is 0 Å². The van der Waals surface area contributed by atoms with Crippen molar-refractivity contribution in [1.82, 2.24) is 20.4 Å². The molecule has 1 aliphatic carbocycles. The summed E-state index contributed by atoms with van der Waals surface area (Å²) in [4.78, 5) is 9.42. The lowest BCUT2D eigenvalue weighted by atomic mass is 10.1. The number of rotatable bonds is 4. The van der Waals surface area contributed by atoms with Gasteiger partial charge in [-0.05, 0) is 45.2 Å². The quantitative estimate of drug-likeness (QED) is 0.575. The lowest BCUT2D eigenvalue weighted by Crippen LogP contribution is -2.46. The molecule has 0 aromatic rings. The zero-order valence-electron chi connectivity index (χ0n) is 12.9. The first-order chi connectivity index (χ1) is 9.74. The fraction of sp³-hybridized carbons (Fsp3) is 0.933. The number of guanidine groups is 1. The molecule has 3 rings (SSSR count). The second-order valence-electron chi connectivity index (χ2n) is 6.73. The first kappa shape index (κ1) is 14.1. The molecule has 0 aromatic carbocycles. The van der Waals surface area contributed by atoms with Crippen LogP contribution >= 0.6 is 0 Å². The van der Waals surface area contributed by atoms with Gasteiger partial charge in [-0.1, -0.05) is 0 Å². The van der Waals surface area contributed by atoms with Gasteiger partial charge < -0.3 is 15.5 Å². The minimum atomic E-state index is 0.577. The number of nitrogens with one attached hydrogen (secondary N) is 2. The van der Waals surface area contributed by atoms with E-state index in [4.69, 9.17) is 0 Å². The second kappa shape index (κ2) is 6.31. The molecule has 3 fully saturated rings. The van der Waals surface area contributed by atoms with Crippen LogP contribution in [0.2, 0.25) is 0 Å². The summed E-state index contributed by atoms with van der Waals surface area (Å²) in [5.41, 5.74) is 0. The third-order valence-electron chi connectivity index (χ3n) is 4.89. The molecule has 2 saturated heterocycles. The van der Waals surface area contributed by atoms with Crippen LogP contribution in [0.5, 0.6) is 0 Å². The summed E-state index contributed by atoms with van der Waals surface area (Å²) >= 11 is 0. The molecule has 2 heterocycles. The van der Waals surface area contributed by atoms with Crippen molar-refractivity contribution >= 4 is 5.96 Å². The Kier molecular flexibility index (Phi) is 4.46. The van der Waals surface area contributed by atoms with E-state index in [0.29, 0.717) is 6.04 Å². The Bertz CT molecular complexity index is 352. The maximum absolute atomic E-state index is 4.38. The van der Waals surface area contributed by atoms with E-state index in [-0.39, 0.29) is 0 Å². The van der Waals surface area contributed by atoms with Gasteiger partial charge in [0.1, 0.15) is 0 Å². The topological polar surface area (TPSA) is 42.9 Å². The minimum absolute atomic E-state index is 0.577. The van der Waals surface area contributed by atoms with E-state index < -0.39 is 0 Å².